The van der Waals surface area contributed by atoms with E-state index in [4.69, 9.17) is 0 Å². The van der Waals surface area contributed by atoms with Crippen molar-refractivity contribution in [2.75, 3.05) is 19.6 Å². The minimum Gasteiger partial charge on any atom is -0.347 e. The maximum absolute atomic E-state index is 12.9. The number of nitrogens with zero attached hydrogens (tertiary/aromatic N) is 3. The third-order valence-corrected chi connectivity index (χ3v) is 5.38. The molecule has 0 radical (unpaired) electrons. The van der Waals surface area contributed by atoms with E-state index in [1.54, 1.807) is 28.1 Å². The van der Waals surface area contributed by atoms with E-state index in [-0.39, 0.29) is 29.7 Å². The first-order valence-corrected chi connectivity index (χ1v) is 9.77. The zero-order valence-corrected chi connectivity index (χ0v) is 16.3. The van der Waals surface area contributed by atoms with Gasteiger partial charge in [0.1, 0.15) is 6.04 Å². The smallest absolute Gasteiger partial charge is 0.253 e. The lowest BCUT2D eigenvalue weighted by atomic mass is 10.1. The highest BCUT2D eigenvalue weighted by Crippen LogP contribution is 2.34. The summed E-state index contributed by atoms with van der Waals surface area (Å²) in [6.07, 6.45) is 3.80. The predicted molar refractivity (Wildman–Crippen MR) is 101 cm³/mol. The number of likely N-dealkylation sites (tertiary alicyclic amines) is 1. The van der Waals surface area contributed by atoms with Crippen molar-refractivity contribution >= 4 is 17.7 Å². The lowest BCUT2D eigenvalue weighted by Gasteiger charge is -2.28. The Morgan fingerprint density at radius 1 is 1.22 bits per heavy atom. The number of hydrogen-bond donors (Lipinski definition) is 1. The fraction of sp³-hybridized carbons (Fsp3) is 0.600. The minimum absolute atomic E-state index is 0.0252. The van der Waals surface area contributed by atoms with Crippen LogP contribution in [0.1, 0.15) is 49.2 Å². The molecule has 1 aliphatic carbocycles. The number of pyridine rings is 1. The molecule has 7 heteroatoms. The lowest BCUT2D eigenvalue weighted by molar-refractivity contribution is -0.144. The molecule has 2 fully saturated rings. The molecule has 0 aromatic carbocycles. The Labute approximate surface area is 160 Å². The number of carbonyl (C=O) groups excluding carboxylic acids is 3. The summed E-state index contributed by atoms with van der Waals surface area (Å²) >= 11 is 0. The molecule has 1 N–H and O–H groups in total. The number of nitrogens with one attached hydrogen (secondary N) is 1. The third-order valence-electron chi connectivity index (χ3n) is 5.38. The molecule has 27 heavy (non-hydrogen) atoms. The van der Waals surface area contributed by atoms with Gasteiger partial charge in [-0.05, 0) is 52.2 Å². The van der Waals surface area contributed by atoms with Gasteiger partial charge in [0.25, 0.3) is 5.91 Å². The van der Waals surface area contributed by atoms with Crippen LogP contribution in [0.2, 0.25) is 0 Å². The molecule has 0 bridgehead atoms. The van der Waals surface area contributed by atoms with Gasteiger partial charge in [0.15, 0.2) is 0 Å². The van der Waals surface area contributed by atoms with Crippen LogP contribution in [-0.4, -0.2) is 64.2 Å². The molecule has 146 valence electrons. The van der Waals surface area contributed by atoms with E-state index < -0.39 is 6.04 Å². The number of rotatable bonds is 6. The van der Waals surface area contributed by atoms with Crippen molar-refractivity contribution in [3.05, 3.63) is 29.6 Å². The van der Waals surface area contributed by atoms with Crippen molar-refractivity contribution in [3.8, 4) is 0 Å². The summed E-state index contributed by atoms with van der Waals surface area (Å²) in [5.41, 5.74) is 1.33. The van der Waals surface area contributed by atoms with Crippen LogP contribution in [0.15, 0.2) is 18.3 Å². The normalized spacial score (nSPS) is 21.8. The van der Waals surface area contributed by atoms with Gasteiger partial charge in [-0.1, -0.05) is 0 Å². The fourth-order valence-electron chi connectivity index (χ4n) is 3.60. The van der Waals surface area contributed by atoms with E-state index in [1.165, 1.54) is 0 Å². The second kappa shape index (κ2) is 8.06. The van der Waals surface area contributed by atoms with Gasteiger partial charge >= 0.3 is 0 Å². The molecule has 0 unspecified atom stereocenters. The molecule has 7 nitrogen and oxygen atoms in total. The monoisotopic (exact) mass is 372 g/mol. The Morgan fingerprint density at radius 2 is 1.93 bits per heavy atom. The summed E-state index contributed by atoms with van der Waals surface area (Å²) in [7, 11) is 0. The summed E-state index contributed by atoms with van der Waals surface area (Å²) in [5, 5.41) is 2.98. The van der Waals surface area contributed by atoms with Crippen LogP contribution >= 0.6 is 0 Å². The van der Waals surface area contributed by atoms with Gasteiger partial charge in [-0.3, -0.25) is 19.4 Å². The van der Waals surface area contributed by atoms with Gasteiger partial charge in [0.2, 0.25) is 11.8 Å². The standard InChI is InChI=1S/C20H28N4O3/c1-4-23(5-2)20(27)17-10-16(12-24(17)19(26)14-8-9-14)22-18(25)15-7-6-13(3)21-11-15/h6-7,11,14,16-17H,4-5,8-10,12H2,1-3H3,(H,22,25)/t16-,17+/m1/s1. The predicted octanol–water partition coefficient (Wildman–Crippen LogP) is 1.37. The maximum Gasteiger partial charge on any atom is 0.253 e. The molecule has 1 saturated heterocycles. The van der Waals surface area contributed by atoms with E-state index in [0.717, 1.165) is 18.5 Å². The van der Waals surface area contributed by atoms with Crippen LogP contribution in [0.25, 0.3) is 0 Å². The molecule has 1 aromatic rings. The van der Waals surface area contributed by atoms with Crippen LogP contribution in [-0.2, 0) is 9.59 Å². The van der Waals surface area contributed by atoms with Crippen molar-refractivity contribution in [2.24, 2.45) is 5.92 Å². The molecule has 2 aliphatic rings. The molecule has 2 heterocycles. The van der Waals surface area contributed by atoms with E-state index in [9.17, 15) is 14.4 Å². The SMILES string of the molecule is CCN(CC)C(=O)[C@@H]1C[C@@H](NC(=O)c2ccc(C)nc2)CN1C(=O)C1CC1. The van der Waals surface area contributed by atoms with Crippen molar-refractivity contribution in [1.82, 2.24) is 20.1 Å². The largest absolute Gasteiger partial charge is 0.347 e. The third kappa shape index (κ3) is 4.28. The summed E-state index contributed by atoms with van der Waals surface area (Å²) in [5.74, 6) is -0.146. The number of carbonyl (C=O) groups is 3. The van der Waals surface area contributed by atoms with Crippen molar-refractivity contribution < 1.29 is 14.4 Å². The highest BCUT2D eigenvalue weighted by molar-refractivity contribution is 5.95. The first kappa shape index (κ1) is 19.3. The molecule has 3 amide bonds. The van der Waals surface area contributed by atoms with Crippen LogP contribution in [0.5, 0.6) is 0 Å². The summed E-state index contributed by atoms with van der Waals surface area (Å²) in [4.78, 5) is 45.7. The van der Waals surface area contributed by atoms with Gasteiger partial charge in [-0.25, -0.2) is 0 Å². The first-order chi connectivity index (χ1) is 12.9. The van der Waals surface area contributed by atoms with E-state index in [2.05, 4.69) is 10.3 Å². The highest BCUT2D eigenvalue weighted by atomic mass is 16.2. The molecule has 1 aromatic heterocycles. The van der Waals surface area contributed by atoms with Crippen molar-refractivity contribution in [3.63, 3.8) is 0 Å². The van der Waals surface area contributed by atoms with E-state index in [1.807, 2.05) is 20.8 Å². The summed E-state index contributed by atoms with van der Waals surface area (Å²) < 4.78 is 0. The molecule has 2 atom stereocenters. The average molecular weight is 372 g/mol. The van der Waals surface area contributed by atoms with Crippen LogP contribution < -0.4 is 5.32 Å². The van der Waals surface area contributed by atoms with E-state index >= 15 is 0 Å². The van der Waals surface area contributed by atoms with Gasteiger partial charge < -0.3 is 15.1 Å². The molecule has 1 saturated carbocycles. The van der Waals surface area contributed by atoms with Gasteiger partial charge in [0.05, 0.1) is 5.56 Å². The Bertz CT molecular complexity index is 710. The van der Waals surface area contributed by atoms with Crippen molar-refractivity contribution in [1.29, 1.82) is 0 Å². The Kier molecular flexibility index (Phi) is 5.77. The Hall–Kier alpha value is -2.44. The highest BCUT2D eigenvalue weighted by Gasteiger charge is 2.45. The topological polar surface area (TPSA) is 82.6 Å². The number of amides is 3. The Balaban J connectivity index is 1.71. The number of aryl methyl sites for hydroxylation is 1. The van der Waals surface area contributed by atoms with Gasteiger partial charge in [-0.2, -0.15) is 0 Å². The maximum atomic E-state index is 12.9. The lowest BCUT2D eigenvalue weighted by Crippen LogP contribution is -2.48. The molecular formula is C20H28N4O3. The molecule has 1 aliphatic heterocycles. The molecular weight excluding hydrogens is 344 g/mol. The first-order valence-electron chi connectivity index (χ1n) is 9.77. The van der Waals surface area contributed by atoms with E-state index in [0.29, 0.717) is 31.6 Å². The van der Waals surface area contributed by atoms with Gasteiger partial charge in [0, 0.05) is 43.5 Å². The second-order valence-electron chi connectivity index (χ2n) is 7.39. The van der Waals surface area contributed by atoms with Crippen LogP contribution in [0.4, 0.5) is 0 Å². The summed E-state index contributed by atoms with van der Waals surface area (Å²) in [6.45, 7) is 7.36. The number of hydrogen-bond acceptors (Lipinski definition) is 4. The van der Waals surface area contributed by atoms with Crippen LogP contribution in [0, 0.1) is 12.8 Å². The second-order valence-corrected chi connectivity index (χ2v) is 7.39. The zero-order chi connectivity index (χ0) is 19.6. The Morgan fingerprint density at radius 3 is 2.48 bits per heavy atom. The fourth-order valence-corrected chi connectivity index (χ4v) is 3.60. The minimum atomic E-state index is -0.487. The quantitative estimate of drug-likeness (QED) is 0.818. The molecule has 0 spiro atoms. The van der Waals surface area contributed by atoms with Gasteiger partial charge in [-0.15, -0.1) is 0 Å². The summed E-state index contributed by atoms with van der Waals surface area (Å²) in [6, 6.07) is 2.81. The average Bonchev–Trinajstić information content (AvgIpc) is 3.43. The van der Waals surface area contributed by atoms with Crippen molar-refractivity contribution in [2.45, 2.75) is 52.1 Å². The van der Waals surface area contributed by atoms with Crippen LogP contribution in [0.3, 0.4) is 0 Å². The molecule has 3 rings (SSSR count). The number of aromatic nitrogens is 1. The number of likely N-dealkylation sites (N-methyl/N-ethyl adjacent to an activating group) is 1. The zero-order valence-electron chi connectivity index (χ0n) is 16.3.